The van der Waals surface area contributed by atoms with Crippen LogP contribution in [0, 0.1) is 5.92 Å². The summed E-state index contributed by atoms with van der Waals surface area (Å²) >= 11 is 0. The Bertz CT molecular complexity index is 166. The van der Waals surface area contributed by atoms with Gasteiger partial charge in [-0.15, -0.1) is 0 Å². The summed E-state index contributed by atoms with van der Waals surface area (Å²) in [7, 11) is 0. The first-order chi connectivity index (χ1) is 6.22. The summed E-state index contributed by atoms with van der Waals surface area (Å²) in [6, 6.07) is 0. The second-order valence-electron chi connectivity index (χ2n) is 3.89. The van der Waals surface area contributed by atoms with Crippen molar-refractivity contribution < 1.29 is 4.79 Å². The number of rotatable bonds is 7. The fourth-order valence-corrected chi connectivity index (χ4v) is 1.37. The lowest BCUT2D eigenvalue weighted by Crippen LogP contribution is -1.96. The number of hydrogen-bond donors (Lipinski definition) is 0. The molecule has 0 radical (unpaired) electrons. The second kappa shape index (κ2) is 8.07. The summed E-state index contributed by atoms with van der Waals surface area (Å²) in [6.45, 7) is 6.21. The minimum absolute atomic E-state index is 0.430. The first-order valence-electron chi connectivity index (χ1n) is 5.44. The molecule has 1 atom stereocenters. The molecule has 0 aromatic rings. The van der Waals surface area contributed by atoms with Gasteiger partial charge in [0.1, 0.15) is 5.94 Å². The molecular weight excluding hydrogens is 160 g/mol. The number of carbonyl (C=O) groups excluding carboxylic acids is 1. The molecule has 0 saturated carbocycles. The second-order valence-corrected chi connectivity index (χ2v) is 3.89. The molecule has 1 heteroatoms. The van der Waals surface area contributed by atoms with Crippen LogP contribution in [-0.2, 0) is 4.79 Å². The highest BCUT2D eigenvalue weighted by atomic mass is 16.1. The first-order valence-corrected chi connectivity index (χ1v) is 5.44. The van der Waals surface area contributed by atoms with E-state index < -0.39 is 0 Å². The average molecular weight is 182 g/mol. The van der Waals surface area contributed by atoms with Crippen LogP contribution in [0.3, 0.4) is 0 Å². The van der Waals surface area contributed by atoms with Gasteiger partial charge in [-0.25, -0.2) is 4.79 Å². The van der Waals surface area contributed by atoms with Crippen molar-refractivity contribution in [3.05, 3.63) is 5.57 Å². The fraction of sp³-hybridized carbons (Fsp3) is 0.833. The molecule has 0 aliphatic carbocycles. The highest BCUT2D eigenvalue weighted by molar-refractivity contribution is 5.51. The third kappa shape index (κ3) is 6.60. The van der Waals surface area contributed by atoms with Gasteiger partial charge in [0, 0.05) is 5.57 Å². The Hall–Kier alpha value is -0.550. The smallest absolute Gasteiger partial charge is 0.123 e. The van der Waals surface area contributed by atoms with Crippen LogP contribution < -0.4 is 0 Å². The predicted molar refractivity (Wildman–Crippen MR) is 57.4 cm³/mol. The largest absolute Gasteiger partial charge is 0.234 e. The van der Waals surface area contributed by atoms with E-state index in [2.05, 4.69) is 13.8 Å². The van der Waals surface area contributed by atoms with Crippen molar-refractivity contribution in [3.63, 3.8) is 0 Å². The van der Waals surface area contributed by atoms with E-state index >= 15 is 0 Å². The number of allylic oxidation sites excluding steroid dienone is 1. The minimum Gasteiger partial charge on any atom is -0.234 e. The molecule has 13 heavy (non-hydrogen) atoms. The van der Waals surface area contributed by atoms with E-state index in [-0.39, 0.29) is 0 Å². The summed E-state index contributed by atoms with van der Waals surface area (Å²) in [5, 5.41) is 0. The minimum atomic E-state index is 0.430. The van der Waals surface area contributed by atoms with Gasteiger partial charge in [0.25, 0.3) is 0 Å². The number of unbranched alkanes of at least 4 members (excludes halogenated alkanes) is 4. The Labute approximate surface area is 82.2 Å². The van der Waals surface area contributed by atoms with Gasteiger partial charge in [-0.05, 0) is 19.3 Å². The summed E-state index contributed by atoms with van der Waals surface area (Å²) < 4.78 is 0. The number of hydrogen-bond acceptors (Lipinski definition) is 1. The van der Waals surface area contributed by atoms with Crippen LogP contribution in [-0.4, -0.2) is 5.94 Å². The van der Waals surface area contributed by atoms with Crippen LogP contribution in [0.25, 0.3) is 0 Å². The van der Waals surface area contributed by atoms with E-state index in [1.54, 1.807) is 0 Å². The van der Waals surface area contributed by atoms with Crippen molar-refractivity contribution in [2.24, 2.45) is 5.92 Å². The summed E-state index contributed by atoms with van der Waals surface area (Å²) in [4.78, 5) is 10.3. The molecule has 0 rings (SSSR count). The Balaban J connectivity index is 3.37. The van der Waals surface area contributed by atoms with E-state index in [1.165, 1.54) is 32.1 Å². The molecule has 0 N–H and O–H groups in total. The predicted octanol–water partition coefficient (Wildman–Crippen LogP) is 3.76. The molecule has 0 amide bonds. The lowest BCUT2D eigenvalue weighted by atomic mass is 9.97. The maximum atomic E-state index is 10.3. The summed E-state index contributed by atoms with van der Waals surface area (Å²) in [6.07, 6.45) is 7.68. The zero-order valence-electron chi connectivity index (χ0n) is 9.23. The Kier molecular flexibility index (Phi) is 7.73. The average Bonchev–Trinajstić information content (AvgIpc) is 2.16. The van der Waals surface area contributed by atoms with E-state index in [1.807, 2.05) is 12.9 Å². The van der Waals surface area contributed by atoms with Gasteiger partial charge in [0.15, 0.2) is 0 Å². The normalized spacial score (nSPS) is 12.2. The van der Waals surface area contributed by atoms with Crippen LogP contribution >= 0.6 is 0 Å². The van der Waals surface area contributed by atoms with Gasteiger partial charge in [-0.2, -0.15) is 0 Å². The van der Waals surface area contributed by atoms with Crippen LogP contribution in [0.4, 0.5) is 0 Å². The van der Waals surface area contributed by atoms with Crippen LogP contribution in [0.1, 0.15) is 59.3 Å². The van der Waals surface area contributed by atoms with Crippen molar-refractivity contribution in [3.8, 4) is 0 Å². The highest BCUT2D eigenvalue weighted by Crippen LogP contribution is 2.16. The third-order valence-electron chi connectivity index (χ3n) is 2.64. The SMILES string of the molecule is CCCCCCCC(C)C(C)=C=O. The molecular formula is C12H22O. The molecule has 1 nitrogen and oxygen atoms in total. The van der Waals surface area contributed by atoms with Crippen molar-refractivity contribution in [2.45, 2.75) is 59.3 Å². The van der Waals surface area contributed by atoms with Crippen LogP contribution in [0.5, 0.6) is 0 Å². The van der Waals surface area contributed by atoms with E-state index in [4.69, 9.17) is 0 Å². The van der Waals surface area contributed by atoms with Crippen LogP contribution in [0.15, 0.2) is 5.57 Å². The van der Waals surface area contributed by atoms with E-state index in [0.717, 1.165) is 12.0 Å². The molecule has 1 unspecified atom stereocenters. The van der Waals surface area contributed by atoms with Crippen molar-refractivity contribution in [2.75, 3.05) is 0 Å². The Morgan fingerprint density at radius 2 is 1.85 bits per heavy atom. The molecule has 0 spiro atoms. The molecule has 0 fully saturated rings. The molecule has 0 aliphatic rings. The quantitative estimate of drug-likeness (QED) is 0.433. The van der Waals surface area contributed by atoms with Gasteiger partial charge in [0.05, 0.1) is 0 Å². The summed E-state index contributed by atoms with van der Waals surface area (Å²) in [5.74, 6) is 2.41. The van der Waals surface area contributed by atoms with E-state index in [0.29, 0.717) is 5.92 Å². The maximum Gasteiger partial charge on any atom is 0.123 e. The Morgan fingerprint density at radius 1 is 1.23 bits per heavy atom. The fourth-order valence-electron chi connectivity index (χ4n) is 1.37. The Morgan fingerprint density at radius 3 is 2.38 bits per heavy atom. The van der Waals surface area contributed by atoms with E-state index in [9.17, 15) is 4.79 Å². The monoisotopic (exact) mass is 182 g/mol. The molecule has 0 bridgehead atoms. The van der Waals surface area contributed by atoms with Gasteiger partial charge in [-0.3, -0.25) is 0 Å². The van der Waals surface area contributed by atoms with Gasteiger partial charge in [0.2, 0.25) is 0 Å². The van der Waals surface area contributed by atoms with Crippen molar-refractivity contribution >= 4 is 5.94 Å². The highest BCUT2D eigenvalue weighted by Gasteiger charge is 2.03. The molecule has 0 heterocycles. The standard InChI is InChI=1S/C12H22O/c1-4-5-6-7-8-9-11(2)12(3)10-13/h11H,4-9H2,1-3H3. The van der Waals surface area contributed by atoms with Crippen molar-refractivity contribution in [1.29, 1.82) is 0 Å². The lowest BCUT2D eigenvalue weighted by molar-refractivity contribution is 0.526. The zero-order valence-corrected chi connectivity index (χ0v) is 9.23. The molecule has 0 saturated heterocycles. The first kappa shape index (κ1) is 12.4. The van der Waals surface area contributed by atoms with Crippen molar-refractivity contribution in [1.82, 2.24) is 0 Å². The molecule has 76 valence electrons. The molecule has 0 aromatic carbocycles. The van der Waals surface area contributed by atoms with Gasteiger partial charge >= 0.3 is 0 Å². The molecule has 0 aromatic heterocycles. The molecule has 0 aliphatic heterocycles. The van der Waals surface area contributed by atoms with Crippen LogP contribution in [0.2, 0.25) is 0 Å². The third-order valence-corrected chi connectivity index (χ3v) is 2.64. The van der Waals surface area contributed by atoms with Gasteiger partial charge < -0.3 is 0 Å². The zero-order chi connectivity index (χ0) is 10.1. The topological polar surface area (TPSA) is 17.1 Å². The lowest BCUT2D eigenvalue weighted by Gasteiger charge is -2.08. The maximum absolute atomic E-state index is 10.3. The van der Waals surface area contributed by atoms with Gasteiger partial charge in [-0.1, -0.05) is 46.0 Å². The summed E-state index contributed by atoms with van der Waals surface area (Å²) in [5.41, 5.74) is 0.871.